The highest BCUT2D eigenvalue weighted by Gasteiger charge is 2.36. The van der Waals surface area contributed by atoms with Crippen LogP contribution in [0.1, 0.15) is 35.7 Å². The van der Waals surface area contributed by atoms with Crippen molar-refractivity contribution in [1.29, 1.82) is 0 Å². The summed E-state index contributed by atoms with van der Waals surface area (Å²) < 4.78 is 5.31. The van der Waals surface area contributed by atoms with E-state index in [0.717, 1.165) is 42.7 Å². The first kappa shape index (κ1) is 18.7. The molecule has 0 aromatic heterocycles. The lowest BCUT2D eigenvalue weighted by molar-refractivity contribution is -0.122. The fourth-order valence-corrected chi connectivity index (χ4v) is 4.78. The zero-order chi connectivity index (χ0) is 20.8. The van der Waals surface area contributed by atoms with Crippen LogP contribution in [0.25, 0.3) is 0 Å². The molecule has 7 nitrogen and oxygen atoms in total. The van der Waals surface area contributed by atoms with Crippen LogP contribution >= 0.6 is 0 Å². The number of amides is 2. The molecule has 0 bridgehead atoms. The summed E-state index contributed by atoms with van der Waals surface area (Å²) in [6, 6.07) is 12.8. The highest BCUT2D eigenvalue weighted by Crippen LogP contribution is 2.37. The van der Waals surface area contributed by atoms with Crippen molar-refractivity contribution in [3.63, 3.8) is 0 Å². The van der Waals surface area contributed by atoms with Crippen molar-refractivity contribution in [3.05, 3.63) is 53.6 Å². The predicted octanol–water partition coefficient (Wildman–Crippen LogP) is 2.74. The number of esters is 1. The third-order valence-corrected chi connectivity index (χ3v) is 6.16. The van der Waals surface area contributed by atoms with E-state index in [2.05, 4.69) is 10.2 Å². The molecule has 0 spiro atoms. The summed E-state index contributed by atoms with van der Waals surface area (Å²) in [7, 11) is 0. The molecule has 3 aliphatic heterocycles. The van der Waals surface area contributed by atoms with E-state index in [1.807, 2.05) is 37.3 Å². The van der Waals surface area contributed by atoms with E-state index in [4.69, 9.17) is 4.74 Å². The molecular formula is C23H23N3O4. The molecule has 0 aliphatic carbocycles. The first-order chi connectivity index (χ1) is 14.5. The molecule has 1 saturated heterocycles. The van der Waals surface area contributed by atoms with Gasteiger partial charge in [-0.05, 0) is 56.0 Å². The summed E-state index contributed by atoms with van der Waals surface area (Å²) in [5, 5.41) is 2.89. The standard InChI is InChI=1S/C23H23N3O4/c1-14-11-15-5-2-3-6-18(15)26(14)21(27)13-30-23(29)16-8-9-19-17(12-16)24-22(28)20-7-4-10-25(19)20/h2-3,5-6,8-9,12,14,20H,4,7,10-11,13H2,1H3,(H,24,28)/t14-,20+/m0/s1. The topological polar surface area (TPSA) is 79.0 Å². The average molecular weight is 405 g/mol. The maximum atomic E-state index is 12.7. The number of hydrogen-bond acceptors (Lipinski definition) is 5. The van der Waals surface area contributed by atoms with Crippen molar-refractivity contribution in [3.8, 4) is 0 Å². The average Bonchev–Trinajstić information content (AvgIpc) is 3.36. The van der Waals surface area contributed by atoms with Crippen LogP contribution in [-0.4, -0.2) is 43.0 Å². The lowest BCUT2D eigenvalue weighted by Gasteiger charge is -2.33. The monoisotopic (exact) mass is 405 g/mol. The van der Waals surface area contributed by atoms with Crippen molar-refractivity contribution in [1.82, 2.24) is 0 Å². The summed E-state index contributed by atoms with van der Waals surface area (Å²) in [6.07, 6.45) is 2.61. The van der Waals surface area contributed by atoms with E-state index >= 15 is 0 Å². The van der Waals surface area contributed by atoms with E-state index in [9.17, 15) is 14.4 Å². The second-order valence-corrected chi connectivity index (χ2v) is 8.09. The van der Waals surface area contributed by atoms with Crippen LogP contribution < -0.4 is 15.1 Å². The van der Waals surface area contributed by atoms with Gasteiger partial charge >= 0.3 is 5.97 Å². The Labute approximate surface area is 174 Å². The number of benzene rings is 2. The molecule has 0 saturated carbocycles. The van der Waals surface area contributed by atoms with Crippen LogP contribution in [0.4, 0.5) is 17.1 Å². The SMILES string of the molecule is C[C@H]1Cc2ccccc2N1C(=O)COC(=O)c1ccc2c(c1)NC(=O)[C@H]1CCCN21. The van der Waals surface area contributed by atoms with Crippen LogP contribution in [0, 0.1) is 0 Å². The highest BCUT2D eigenvalue weighted by atomic mass is 16.5. The summed E-state index contributed by atoms with van der Waals surface area (Å²) in [4.78, 5) is 41.4. The molecular weight excluding hydrogens is 382 g/mol. The van der Waals surface area contributed by atoms with Gasteiger partial charge in [-0.3, -0.25) is 9.59 Å². The lowest BCUT2D eigenvalue weighted by Crippen LogP contribution is -2.43. The minimum absolute atomic E-state index is 0.0287. The number of rotatable bonds is 3. The van der Waals surface area contributed by atoms with Gasteiger partial charge < -0.3 is 19.9 Å². The Hall–Kier alpha value is -3.35. The number of carbonyl (C=O) groups excluding carboxylic acids is 3. The maximum Gasteiger partial charge on any atom is 0.338 e. The summed E-state index contributed by atoms with van der Waals surface area (Å²) in [5.41, 5.74) is 3.85. The fraction of sp³-hybridized carbons (Fsp3) is 0.348. The number of ether oxygens (including phenoxy) is 1. The zero-order valence-corrected chi connectivity index (χ0v) is 16.8. The van der Waals surface area contributed by atoms with Gasteiger partial charge in [0.05, 0.1) is 16.9 Å². The molecule has 30 heavy (non-hydrogen) atoms. The summed E-state index contributed by atoms with van der Waals surface area (Å²) in [5.74, 6) is -0.863. The third kappa shape index (κ3) is 3.01. The van der Waals surface area contributed by atoms with Gasteiger partial charge in [0, 0.05) is 18.3 Å². The Kier molecular flexibility index (Phi) is 4.46. The Bertz CT molecular complexity index is 1050. The predicted molar refractivity (Wildman–Crippen MR) is 113 cm³/mol. The highest BCUT2D eigenvalue weighted by molar-refractivity contribution is 6.06. The van der Waals surface area contributed by atoms with Crippen LogP contribution in [0.5, 0.6) is 0 Å². The van der Waals surface area contributed by atoms with Gasteiger partial charge in [-0.25, -0.2) is 4.79 Å². The van der Waals surface area contributed by atoms with Crippen molar-refractivity contribution < 1.29 is 19.1 Å². The first-order valence-electron chi connectivity index (χ1n) is 10.3. The Balaban J connectivity index is 1.28. The molecule has 3 aliphatic rings. The van der Waals surface area contributed by atoms with E-state index in [-0.39, 0.29) is 30.5 Å². The number of para-hydroxylation sites is 1. The largest absolute Gasteiger partial charge is 0.452 e. The van der Waals surface area contributed by atoms with E-state index in [0.29, 0.717) is 11.3 Å². The van der Waals surface area contributed by atoms with E-state index < -0.39 is 5.97 Å². The van der Waals surface area contributed by atoms with Gasteiger partial charge in [0.2, 0.25) is 5.91 Å². The number of anilines is 3. The molecule has 2 amide bonds. The van der Waals surface area contributed by atoms with Crippen LogP contribution in [0.2, 0.25) is 0 Å². The van der Waals surface area contributed by atoms with E-state index in [1.165, 1.54) is 0 Å². The molecule has 2 atom stereocenters. The fourth-order valence-electron chi connectivity index (χ4n) is 4.78. The summed E-state index contributed by atoms with van der Waals surface area (Å²) >= 11 is 0. The maximum absolute atomic E-state index is 12.7. The normalized spacial score (nSPS) is 21.6. The minimum Gasteiger partial charge on any atom is -0.452 e. The van der Waals surface area contributed by atoms with Crippen molar-refractivity contribution >= 4 is 34.8 Å². The molecule has 1 N–H and O–H groups in total. The zero-order valence-electron chi connectivity index (χ0n) is 16.8. The van der Waals surface area contributed by atoms with Gasteiger partial charge in [-0.2, -0.15) is 0 Å². The quantitative estimate of drug-likeness (QED) is 0.795. The van der Waals surface area contributed by atoms with Crippen LogP contribution in [0.3, 0.4) is 0 Å². The minimum atomic E-state index is -0.580. The third-order valence-electron chi connectivity index (χ3n) is 6.16. The van der Waals surface area contributed by atoms with Crippen molar-refractivity contribution in [2.24, 2.45) is 0 Å². The Morgan fingerprint density at radius 2 is 2.00 bits per heavy atom. The van der Waals surface area contributed by atoms with Gasteiger partial charge in [0.25, 0.3) is 5.91 Å². The van der Waals surface area contributed by atoms with Crippen LogP contribution in [-0.2, 0) is 20.7 Å². The molecule has 0 unspecified atom stereocenters. The van der Waals surface area contributed by atoms with Gasteiger partial charge in [-0.15, -0.1) is 0 Å². The lowest BCUT2D eigenvalue weighted by atomic mass is 10.1. The molecule has 5 rings (SSSR count). The van der Waals surface area contributed by atoms with Gasteiger partial charge in [0.1, 0.15) is 6.04 Å². The molecule has 1 fully saturated rings. The number of carbonyl (C=O) groups is 3. The van der Waals surface area contributed by atoms with E-state index in [1.54, 1.807) is 17.0 Å². The molecule has 154 valence electrons. The summed E-state index contributed by atoms with van der Waals surface area (Å²) in [6.45, 7) is 2.49. The second-order valence-electron chi connectivity index (χ2n) is 8.09. The van der Waals surface area contributed by atoms with Crippen LogP contribution in [0.15, 0.2) is 42.5 Å². The molecule has 7 heteroatoms. The molecule has 2 aromatic rings. The number of nitrogens with one attached hydrogen (secondary N) is 1. The molecule has 3 heterocycles. The second kappa shape index (κ2) is 7.16. The van der Waals surface area contributed by atoms with Gasteiger partial charge in [-0.1, -0.05) is 18.2 Å². The van der Waals surface area contributed by atoms with Crippen molar-refractivity contribution in [2.75, 3.05) is 28.3 Å². The number of hydrogen-bond donors (Lipinski definition) is 1. The van der Waals surface area contributed by atoms with Gasteiger partial charge in [0.15, 0.2) is 6.61 Å². The number of nitrogens with zero attached hydrogens (tertiary/aromatic N) is 2. The van der Waals surface area contributed by atoms with Crippen molar-refractivity contribution in [2.45, 2.75) is 38.3 Å². The smallest absolute Gasteiger partial charge is 0.338 e. The first-order valence-corrected chi connectivity index (χ1v) is 10.3. The Morgan fingerprint density at radius 1 is 1.17 bits per heavy atom. The number of fused-ring (bicyclic) bond motifs is 4. The molecule has 0 radical (unpaired) electrons. The molecule has 2 aromatic carbocycles. The Morgan fingerprint density at radius 3 is 2.87 bits per heavy atom.